The van der Waals surface area contributed by atoms with Crippen molar-refractivity contribution in [2.45, 2.75) is 225 Å². The highest BCUT2D eigenvalue weighted by molar-refractivity contribution is 7.31. The fourth-order valence-electron chi connectivity index (χ4n) is 18.8. The second-order valence-corrected chi connectivity index (χ2v) is 30.8. The lowest BCUT2D eigenvalue weighted by molar-refractivity contribution is 0.358. The summed E-state index contributed by atoms with van der Waals surface area (Å²) in [5, 5.41) is 0. The van der Waals surface area contributed by atoms with Gasteiger partial charge in [0.05, 0.1) is 0 Å². The van der Waals surface area contributed by atoms with Gasteiger partial charge >= 0.3 is 0 Å². The number of fused-ring (bicyclic) bond motifs is 12. The Balaban J connectivity index is 0.847. The average molecular weight is 976 g/mol. The Hall–Kier alpha value is -1.80. The van der Waals surface area contributed by atoms with Crippen molar-refractivity contribution >= 4 is 68.0 Å². The monoisotopic (exact) mass is 974 g/mol. The van der Waals surface area contributed by atoms with Crippen LogP contribution in [0.2, 0.25) is 0 Å². The first-order valence-corrected chi connectivity index (χ1v) is 32.5. The minimum Gasteiger partial charge on any atom is -0.139 e. The standard InChI is InChI=1S/C60H62S6/c1-21-37-22-2-27(1)39-25-41(61-51(37)39)53-43-29-5-9-31(10-6-29)45(43)55(63-53)57-47-33-13-17-35(18-14-33)49(47)59(65-57)60-50-36-19-15-34(16-20-36)48(50)58(66-60)56-46-32-11-7-30(8-12-32)44(46)54(64-56)42-26-40-28-3-23-38(24-4-28)52(40)62-42/h25-38H,1-24H2. The van der Waals surface area contributed by atoms with Gasteiger partial charge in [-0.25, -0.2) is 0 Å². The Morgan fingerprint density at radius 2 is 0.409 bits per heavy atom. The Labute approximate surface area is 416 Å². The van der Waals surface area contributed by atoms with Crippen molar-refractivity contribution in [3.8, 4) is 48.8 Å². The lowest BCUT2D eigenvalue weighted by atomic mass is 9.64. The van der Waals surface area contributed by atoms with Gasteiger partial charge in [0.25, 0.3) is 0 Å². The van der Waals surface area contributed by atoms with E-state index in [0.29, 0.717) is 0 Å². The molecule has 24 rings (SSSR count). The SMILES string of the molecule is c1c(-c2sc(-c3sc(-c4sc(-c5sc(-c6cc7c(s6)C6CCC7CC6)c6c5C5CCC6CC5)c5c4C4CCC5CC4)c4c3C3CCC4CC3)c3c2C2CCC3CC2)sc2c1C1CCC2CC1. The van der Waals surface area contributed by atoms with E-state index in [4.69, 9.17) is 0 Å². The number of rotatable bonds is 5. The topological polar surface area (TPSA) is 0 Å². The van der Waals surface area contributed by atoms with Gasteiger partial charge in [-0.15, -0.1) is 68.0 Å². The van der Waals surface area contributed by atoms with Crippen molar-refractivity contribution in [1.29, 1.82) is 0 Å². The molecule has 12 bridgehead atoms. The summed E-state index contributed by atoms with van der Waals surface area (Å²) in [6, 6.07) is 5.55. The van der Waals surface area contributed by atoms with Crippen molar-refractivity contribution in [2.24, 2.45) is 0 Å². The van der Waals surface area contributed by atoms with Crippen LogP contribution in [0.1, 0.15) is 291 Å². The molecule has 0 nitrogen and oxygen atoms in total. The predicted octanol–water partition coefficient (Wildman–Crippen LogP) is 20.9. The average Bonchev–Trinajstić information content (AvgIpc) is 4.26. The van der Waals surface area contributed by atoms with Crippen molar-refractivity contribution in [1.82, 2.24) is 0 Å². The molecule has 0 amide bonds. The molecule has 18 aliphatic carbocycles. The van der Waals surface area contributed by atoms with Crippen molar-refractivity contribution < 1.29 is 0 Å². The van der Waals surface area contributed by atoms with Gasteiger partial charge in [0.2, 0.25) is 0 Å². The van der Waals surface area contributed by atoms with Crippen LogP contribution in [0.25, 0.3) is 48.8 Å². The third-order valence-corrected chi connectivity index (χ3v) is 30.2. The molecular weight excluding hydrogens is 913 g/mol. The van der Waals surface area contributed by atoms with Crippen LogP contribution in [0.4, 0.5) is 0 Å². The van der Waals surface area contributed by atoms with Gasteiger partial charge in [0.1, 0.15) is 0 Å². The molecule has 6 fully saturated rings. The summed E-state index contributed by atoms with van der Waals surface area (Å²) in [6.45, 7) is 0. The summed E-state index contributed by atoms with van der Waals surface area (Å²) in [6.07, 6.45) is 34.6. The van der Waals surface area contributed by atoms with E-state index in [0.717, 1.165) is 71.0 Å². The molecular formula is C60H62S6. The lowest BCUT2D eigenvalue weighted by Gasteiger charge is -2.39. The molecule has 0 N–H and O–H groups in total. The van der Waals surface area contributed by atoms with E-state index in [1.54, 1.807) is 59.9 Å². The Bertz CT molecular complexity index is 2760. The Morgan fingerprint density at radius 3 is 0.652 bits per heavy atom. The number of hydrogen-bond donors (Lipinski definition) is 0. The molecule has 6 saturated carbocycles. The third kappa shape index (κ3) is 5.08. The third-order valence-electron chi connectivity index (χ3n) is 21.8. The molecule has 0 spiro atoms. The Kier molecular flexibility index (Phi) is 8.24. The van der Waals surface area contributed by atoms with E-state index in [1.165, 1.54) is 154 Å². The van der Waals surface area contributed by atoms with E-state index in [9.17, 15) is 0 Å². The first-order chi connectivity index (χ1) is 32.7. The fraction of sp³-hybridized carbons (Fsp3) is 0.600. The molecule has 6 aromatic heterocycles. The molecule has 6 heterocycles. The van der Waals surface area contributed by atoms with Gasteiger partial charge in [-0.05, 0) is 293 Å². The zero-order valence-corrected chi connectivity index (χ0v) is 43.4. The maximum atomic E-state index is 2.77. The highest BCUT2D eigenvalue weighted by Crippen LogP contribution is 2.70. The normalized spacial score (nSPS) is 35.3. The van der Waals surface area contributed by atoms with E-state index in [1.807, 2.05) is 54.3 Å². The van der Waals surface area contributed by atoms with E-state index in [2.05, 4.69) is 80.2 Å². The maximum absolute atomic E-state index is 2.77. The molecule has 338 valence electrons. The minimum absolute atomic E-state index is 0.773. The summed E-state index contributed by atoms with van der Waals surface area (Å²) in [5.41, 5.74) is 18.7. The molecule has 0 radical (unpaired) electrons. The van der Waals surface area contributed by atoms with Crippen molar-refractivity contribution in [3.05, 3.63) is 77.5 Å². The van der Waals surface area contributed by atoms with E-state index >= 15 is 0 Å². The summed E-state index contributed by atoms with van der Waals surface area (Å²) in [4.78, 5) is 21.3. The van der Waals surface area contributed by atoms with Gasteiger partial charge < -0.3 is 0 Å². The highest BCUT2D eigenvalue weighted by atomic mass is 32.1. The van der Waals surface area contributed by atoms with Crippen LogP contribution in [0, 0.1) is 0 Å². The van der Waals surface area contributed by atoms with E-state index in [-0.39, 0.29) is 0 Å². The zero-order chi connectivity index (χ0) is 42.3. The summed E-state index contributed by atoms with van der Waals surface area (Å²) in [7, 11) is 0. The molecule has 0 saturated heterocycles. The van der Waals surface area contributed by atoms with Gasteiger partial charge in [0.15, 0.2) is 0 Å². The summed E-state index contributed by atoms with van der Waals surface area (Å²) in [5.74, 6) is 9.65. The van der Waals surface area contributed by atoms with E-state index < -0.39 is 0 Å². The molecule has 18 aliphatic rings. The van der Waals surface area contributed by atoms with Gasteiger partial charge in [-0.1, -0.05) is 0 Å². The first-order valence-electron chi connectivity index (χ1n) is 27.6. The van der Waals surface area contributed by atoms with Crippen LogP contribution < -0.4 is 0 Å². The number of thiophene rings is 6. The summed E-state index contributed by atoms with van der Waals surface area (Å²) >= 11 is 14.0. The largest absolute Gasteiger partial charge is 0.139 e. The molecule has 6 heteroatoms. The number of hydrogen-bond acceptors (Lipinski definition) is 6. The molecule has 0 aliphatic heterocycles. The van der Waals surface area contributed by atoms with Crippen LogP contribution >= 0.6 is 68.0 Å². The minimum atomic E-state index is 0.773. The smallest absolute Gasteiger partial charge is 0.0490 e. The van der Waals surface area contributed by atoms with Gasteiger partial charge in [-0.2, -0.15) is 0 Å². The fourth-order valence-corrected chi connectivity index (χ4v) is 28.2. The first kappa shape index (κ1) is 38.9. The van der Waals surface area contributed by atoms with Crippen LogP contribution in [0.3, 0.4) is 0 Å². The zero-order valence-electron chi connectivity index (χ0n) is 38.5. The molecule has 66 heavy (non-hydrogen) atoms. The molecule has 0 aromatic carbocycles. The van der Waals surface area contributed by atoms with Crippen LogP contribution in [-0.4, -0.2) is 0 Å². The van der Waals surface area contributed by atoms with Crippen LogP contribution in [0.5, 0.6) is 0 Å². The second-order valence-electron chi connectivity index (χ2n) is 24.5. The second kappa shape index (κ2) is 14.0. The van der Waals surface area contributed by atoms with Crippen LogP contribution in [-0.2, 0) is 0 Å². The van der Waals surface area contributed by atoms with Gasteiger partial charge in [-0.3, -0.25) is 0 Å². The summed E-state index contributed by atoms with van der Waals surface area (Å²) < 4.78 is 0. The Morgan fingerprint density at radius 1 is 0.212 bits per heavy atom. The quantitative estimate of drug-likeness (QED) is 0.161. The molecule has 0 atom stereocenters. The van der Waals surface area contributed by atoms with Crippen molar-refractivity contribution in [3.63, 3.8) is 0 Å². The lowest BCUT2D eigenvalue weighted by Crippen LogP contribution is -2.23. The van der Waals surface area contributed by atoms with Gasteiger partial charge in [0, 0.05) is 58.5 Å². The molecule has 6 aromatic rings. The maximum Gasteiger partial charge on any atom is 0.0490 e. The van der Waals surface area contributed by atoms with Crippen LogP contribution in [0.15, 0.2) is 12.1 Å². The molecule has 0 unspecified atom stereocenters. The predicted molar refractivity (Wildman–Crippen MR) is 285 cm³/mol. The van der Waals surface area contributed by atoms with Crippen molar-refractivity contribution in [2.75, 3.05) is 0 Å². The highest BCUT2D eigenvalue weighted by Gasteiger charge is 2.48.